The number of hydrogen-bond donors (Lipinski definition) is 3. The van der Waals surface area contributed by atoms with E-state index in [4.69, 9.17) is 22.2 Å². The maximum atomic E-state index is 11.6. The number of halogens is 2. The molecule has 0 bridgehead atoms. The van der Waals surface area contributed by atoms with Crippen molar-refractivity contribution in [1.82, 2.24) is 4.98 Å². The van der Waals surface area contributed by atoms with Crippen LogP contribution in [0.2, 0.25) is 0 Å². The van der Waals surface area contributed by atoms with Gasteiger partial charge in [-0.2, -0.15) is 0 Å². The van der Waals surface area contributed by atoms with E-state index in [0.717, 1.165) is 45.6 Å². The Morgan fingerprint density at radius 2 is 1.61 bits per heavy atom. The van der Waals surface area contributed by atoms with Crippen LogP contribution in [0.1, 0.15) is 41.0 Å². The second kappa shape index (κ2) is 11.8. The third-order valence-corrected chi connectivity index (χ3v) is 4.96. The van der Waals surface area contributed by atoms with E-state index in [2.05, 4.69) is 26.0 Å². The fourth-order valence-electron chi connectivity index (χ4n) is 3.47. The highest BCUT2D eigenvalue weighted by molar-refractivity contribution is 5.94. The van der Waals surface area contributed by atoms with Gasteiger partial charge in [-0.05, 0) is 52.8 Å². The first-order valence-corrected chi connectivity index (χ1v) is 9.85. The van der Waals surface area contributed by atoms with E-state index >= 15 is 0 Å². The number of hydrogen-bond acceptors (Lipinski definition) is 4. The van der Waals surface area contributed by atoms with Gasteiger partial charge in [0.15, 0.2) is 0 Å². The van der Waals surface area contributed by atoms with Gasteiger partial charge in [-0.1, -0.05) is 50.2 Å². The lowest BCUT2D eigenvalue weighted by atomic mass is 9.92. The minimum Gasteiger partial charge on any atom is -0.366 e. The topological polar surface area (TPSA) is 108 Å². The van der Waals surface area contributed by atoms with Gasteiger partial charge in [-0.25, -0.2) is 0 Å². The average Bonchev–Trinajstić information content (AvgIpc) is 2.73. The zero-order valence-corrected chi connectivity index (χ0v) is 19.4. The average molecular weight is 461 g/mol. The van der Waals surface area contributed by atoms with Gasteiger partial charge >= 0.3 is 0 Å². The van der Waals surface area contributed by atoms with Crippen LogP contribution in [0, 0.1) is 5.92 Å². The smallest absolute Gasteiger partial charge is 0.248 e. The summed E-state index contributed by atoms with van der Waals surface area (Å²) in [5.41, 5.74) is 24.7. The summed E-state index contributed by atoms with van der Waals surface area (Å²) in [6, 6.07) is 17.5. The predicted molar refractivity (Wildman–Crippen MR) is 132 cm³/mol. The Morgan fingerprint density at radius 3 is 2.16 bits per heavy atom. The van der Waals surface area contributed by atoms with Crippen LogP contribution in [0.25, 0.3) is 22.4 Å². The first kappa shape index (κ1) is 26.6. The van der Waals surface area contributed by atoms with Crippen LogP contribution < -0.4 is 17.2 Å². The van der Waals surface area contributed by atoms with Crippen LogP contribution in [-0.2, 0) is 19.5 Å². The van der Waals surface area contributed by atoms with Gasteiger partial charge < -0.3 is 17.2 Å². The number of nitrogens with two attached hydrogens (primary N) is 3. The third kappa shape index (κ3) is 6.28. The largest absolute Gasteiger partial charge is 0.366 e. The molecule has 0 spiro atoms. The van der Waals surface area contributed by atoms with Crippen LogP contribution in [0.5, 0.6) is 0 Å². The van der Waals surface area contributed by atoms with Crippen molar-refractivity contribution in [2.24, 2.45) is 23.1 Å². The fraction of sp³-hybridized carbons (Fsp3) is 0.250. The molecule has 166 valence electrons. The van der Waals surface area contributed by atoms with Crippen LogP contribution in [-0.4, -0.2) is 10.9 Å². The van der Waals surface area contributed by atoms with Gasteiger partial charge in [0.25, 0.3) is 0 Å². The number of nitrogens with zero attached hydrogens (tertiary/aromatic N) is 1. The summed E-state index contributed by atoms with van der Waals surface area (Å²) in [7, 11) is 0. The molecule has 0 atom stereocenters. The zero-order chi connectivity index (χ0) is 21.0. The molecule has 0 fully saturated rings. The second-order valence-electron chi connectivity index (χ2n) is 7.63. The summed E-state index contributed by atoms with van der Waals surface area (Å²) in [6.45, 7) is 5.24. The lowest BCUT2D eigenvalue weighted by molar-refractivity contribution is 0.100. The lowest BCUT2D eigenvalue weighted by Crippen LogP contribution is -2.11. The van der Waals surface area contributed by atoms with E-state index in [-0.39, 0.29) is 24.8 Å². The Balaban J connectivity index is 0.00000240. The number of aromatic nitrogens is 1. The quantitative estimate of drug-likeness (QED) is 0.482. The normalized spacial score (nSPS) is 10.4. The maximum Gasteiger partial charge on any atom is 0.248 e. The van der Waals surface area contributed by atoms with Crippen molar-refractivity contribution >= 4 is 30.7 Å². The number of carbonyl (C=O) groups is 1. The Bertz CT molecular complexity index is 1020. The number of amides is 1. The molecule has 1 aromatic heterocycles. The van der Waals surface area contributed by atoms with Crippen molar-refractivity contribution < 1.29 is 4.79 Å². The minimum atomic E-state index is -0.453. The summed E-state index contributed by atoms with van der Waals surface area (Å²) in [4.78, 5) is 16.5. The summed E-state index contributed by atoms with van der Waals surface area (Å²) in [5, 5.41) is 0. The monoisotopic (exact) mass is 460 g/mol. The van der Waals surface area contributed by atoms with Gasteiger partial charge in [0.2, 0.25) is 5.91 Å². The molecular weight excluding hydrogens is 431 g/mol. The molecule has 7 heteroatoms. The van der Waals surface area contributed by atoms with Crippen LogP contribution >= 0.6 is 24.8 Å². The molecule has 5 nitrogen and oxygen atoms in total. The second-order valence-corrected chi connectivity index (χ2v) is 7.63. The summed E-state index contributed by atoms with van der Waals surface area (Å²) < 4.78 is 0. The molecule has 0 aliphatic heterocycles. The van der Waals surface area contributed by atoms with Gasteiger partial charge in [0.1, 0.15) is 0 Å². The number of rotatable bonds is 7. The molecule has 0 aliphatic carbocycles. The van der Waals surface area contributed by atoms with Gasteiger partial charge in [-0.3, -0.25) is 9.78 Å². The van der Waals surface area contributed by atoms with Crippen molar-refractivity contribution in [1.29, 1.82) is 0 Å². The van der Waals surface area contributed by atoms with Crippen molar-refractivity contribution in [3.63, 3.8) is 0 Å². The summed E-state index contributed by atoms with van der Waals surface area (Å²) in [5.74, 6) is -0.0158. The Hall–Kier alpha value is -2.44. The maximum absolute atomic E-state index is 11.6. The van der Waals surface area contributed by atoms with E-state index in [1.165, 1.54) is 0 Å². The van der Waals surface area contributed by atoms with E-state index in [1.54, 1.807) is 12.1 Å². The molecule has 6 N–H and O–H groups in total. The molecular formula is C24H30Cl2N4O. The standard InChI is InChI=1S/C24H28N4O.2ClH/c1-15(2)10-23-21(14-26)20(17-8-6-16(13-25)7-9-17)12-22(28-23)18-4-3-5-19(11-18)24(27)29;;/h3-9,11-12,15H,10,13-14,25-26H2,1-2H3,(H2,27,29);2*1H. The number of pyridine rings is 1. The van der Waals surface area contributed by atoms with E-state index in [9.17, 15) is 4.79 Å². The van der Waals surface area contributed by atoms with Crippen molar-refractivity contribution in [3.8, 4) is 22.4 Å². The molecule has 1 heterocycles. The van der Waals surface area contributed by atoms with Crippen LogP contribution in [0.15, 0.2) is 54.6 Å². The number of primary amides is 1. The molecule has 1 amide bonds. The number of benzene rings is 2. The highest BCUT2D eigenvalue weighted by atomic mass is 35.5. The Labute approximate surface area is 196 Å². The minimum absolute atomic E-state index is 0. The molecule has 0 aliphatic rings. The number of carbonyl (C=O) groups excluding carboxylic acids is 1. The summed E-state index contributed by atoms with van der Waals surface area (Å²) in [6.07, 6.45) is 0.823. The van der Waals surface area contributed by atoms with Gasteiger partial charge in [0, 0.05) is 29.9 Å². The van der Waals surface area contributed by atoms with Crippen LogP contribution in [0.4, 0.5) is 0 Å². The first-order valence-electron chi connectivity index (χ1n) is 9.85. The molecule has 31 heavy (non-hydrogen) atoms. The van der Waals surface area contributed by atoms with E-state index in [0.29, 0.717) is 24.6 Å². The van der Waals surface area contributed by atoms with Crippen molar-refractivity contribution in [3.05, 3.63) is 77.0 Å². The van der Waals surface area contributed by atoms with Gasteiger partial charge in [0.05, 0.1) is 5.69 Å². The Morgan fingerprint density at radius 1 is 0.935 bits per heavy atom. The lowest BCUT2D eigenvalue weighted by Gasteiger charge is -2.17. The van der Waals surface area contributed by atoms with Crippen molar-refractivity contribution in [2.75, 3.05) is 0 Å². The summed E-state index contributed by atoms with van der Waals surface area (Å²) >= 11 is 0. The molecule has 0 unspecified atom stereocenters. The van der Waals surface area contributed by atoms with Crippen LogP contribution in [0.3, 0.4) is 0 Å². The molecule has 3 rings (SSSR count). The molecule has 0 saturated carbocycles. The van der Waals surface area contributed by atoms with E-state index < -0.39 is 5.91 Å². The SMILES string of the molecule is CC(C)Cc1nc(-c2cccc(C(N)=O)c2)cc(-c2ccc(CN)cc2)c1CN.Cl.Cl. The molecule has 2 aromatic carbocycles. The van der Waals surface area contributed by atoms with Crippen molar-refractivity contribution in [2.45, 2.75) is 33.4 Å². The highest BCUT2D eigenvalue weighted by Crippen LogP contribution is 2.32. The molecule has 0 radical (unpaired) electrons. The third-order valence-electron chi connectivity index (χ3n) is 4.96. The van der Waals surface area contributed by atoms with Gasteiger partial charge in [-0.15, -0.1) is 24.8 Å². The first-order chi connectivity index (χ1) is 13.9. The Kier molecular flexibility index (Phi) is 10.1. The molecule has 3 aromatic rings. The van der Waals surface area contributed by atoms with E-state index in [1.807, 2.05) is 30.3 Å². The predicted octanol–water partition coefficient (Wildman–Crippen LogP) is 4.47. The fourth-order valence-corrected chi connectivity index (χ4v) is 3.47. The zero-order valence-electron chi connectivity index (χ0n) is 17.8. The molecule has 0 saturated heterocycles. The highest BCUT2D eigenvalue weighted by Gasteiger charge is 2.16.